The molecule has 7 heteroatoms. The van der Waals surface area contributed by atoms with E-state index in [0.29, 0.717) is 22.9 Å². The predicted molar refractivity (Wildman–Crippen MR) is 101 cm³/mol. The normalized spacial score (nSPS) is 10.3. The molecule has 0 aliphatic rings. The van der Waals surface area contributed by atoms with E-state index in [4.69, 9.17) is 14.2 Å². The van der Waals surface area contributed by atoms with Crippen LogP contribution >= 0.6 is 11.3 Å². The third kappa shape index (κ3) is 4.51. The number of esters is 2. The first-order valence-corrected chi connectivity index (χ1v) is 9.08. The monoisotopic (exact) mass is 383 g/mol. The van der Waals surface area contributed by atoms with Crippen LogP contribution in [-0.4, -0.2) is 30.6 Å². The van der Waals surface area contributed by atoms with Crippen molar-refractivity contribution in [1.82, 2.24) is 4.98 Å². The van der Waals surface area contributed by atoms with Gasteiger partial charge in [-0.2, -0.15) is 0 Å². The molecule has 0 fully saturated rings. The molecule has 0 N–H and O–H groups in total. The summed E-state index contributed by atoms with van der Waals surface area (Å²) in [5, 5.41) is 2.36. The van der Waals surface area contributed by atoms with Gasteiger partial charge in [0.05, 0.1) is 19.3 Å². The molecule has 138 valence electrons. The molecule has 0 spiro atoms. The molecule has 0 aliphatic carbocycles. The van der Waals surface area contributed by atoms with E-state index in [2.05, 4.69) is 4.98 Å². The van der Waals surface area contributed by atoms with Gasteiger partial charge in [-0.3, -0.25) is 0 Å². The average Bonchev–Trinajstić information content (AvgIpc) is 3.19. The number of methoxy groups -OCH3 is 1. The lowest BCUT2D eigenvalue weighted by Gasteiger charge is -2.04. The lowest BCUT2D eigenvalue weighted by Crippen LogP contribution is -2.09. The van der Waals surface area contributed by atoms with Gasteiger partial charge in [0.1, 0.15) is 16.5 Å². The highest BCUT2D eigenvalue weighted by Gasteiger charge is 2.15. The third-order valence-electron chi connectivity index (χ3n) is 3.63. The zero-order valence-electron chi connectivity index (χ0n) is 14.8. The summed E-state index contributed by atoms with van der Waals surface area (Å²) in [6.07, 6.45) is 0. The second kappa shape index (κ2) is 8.46. The van der Waals surface area contributed by atoms with Gasteiger partial charge in [0, 0.05) is 10.9 Å². The van der Waals surface area contributed by atoms with Crippen molar-refractivity contribution in [2.75, 3.05) is 13.7 Å². The van der Waals surface area contributed by atoms with Gasteiger partial charge in [-0.05, 0) is 55.5 Å². The highest BCUT2D eigenvalue weighted by molar-refractivity contribution is 7.13. The summed E-state index contributed by atoms with van der Waals surface area (Å²) in [5.74, 6) is 0.0992. The lowest BCUT2D eigenvalue weighted by molar-refractivity contribution is 0.0526. The van der Waals surface area contributed by atoms with Crippen LogP contribution in [0.2, 0.25) is 0 Å². The fourth-order valence-electron chi connectivity index (χ4n) is 2.27. The number of carbonyl (C=O) groups excluding carboxylic acids is 2. The van der Waals surface area contributed by atoms with Crippen LogP contribution in [-0.2, 0) is 4.74 Å². The quantitative estimate of drug-likeness (QED) is 0.469. The van der Waals surface area contributed by atoms with Gasteiger partial charge >= 0.3 is 11.9 Å². The van der Waals surface area contributed by atoms with E-state index >= 15 is 0 Å². The topological polar surface area (TPSA) is 74.7 Å². The van der Waals surface area contributed by atoms with Gasteiger partial charge < -0.3 is 14.2 Å². The standard InChI is InChI=1S/C20H17NO5S/c1-3-25-19(22)14-6-10-16(11-7-14)26-20(23)17-12-27-18(21-17)13-4-8-15(24-2)9-5-13/h4-12H,3H2,1-2H3. The minimum absolute atomic E-state index is 0.222. The summed E-state index contributed by atoms with van der Waals surface area (Å²) in [4.78, 5) is 28.3. The second-order valence-electron chi connectivity index (χ2n) is 5.40. The molecule has 0 saturated carbocycles. The smallest absolute Gasteiger partial charge is 0.363 e. The van der Waals surface area contributed by atoms with Gasteiger partial charge in [0.2, 0.25) is 0 Å². The van der Waals surface area contributed by atoms with Crippen molar-refractivity contribution >= 4 is 23.3 Å². The summed E-state index contributed by atoms with van der Waals surface area (Å²) >= 11 is 1.35. The molecule has 1 aromatic heterocycles. The molecule has 0 amide bonds. The third-order valence-corrected chi connectivity index (χ3v) is 4.52. The average molecular weight is 383 g/mol. The molecule has 2 aromatic carbocycles. The maximum Gasteiger partial charge on any atom is 0.363 e. The van der Waals surface area contributed by atoms with Crippen LogP contribution in [0.5, 0.6) is 11.5 Å². The second-order valence-corrected chi connectivity index (χ2v) is 6.26. The maximum absolute atomic E-state index is 12.3. The predicted octanol–water partition coefficient (Wildman–Crippen LogP) is 4.21. The molecule has 6 nitrogen and oxygen atoms in total. The van der Waals surface area contributed by atoms with E-state index in [1.54, 1.807) is 43.7 Å². The van der Waals surface area contributed by atoms with Crippen molar-refractivity contribution in [2.45, 2.75) is 6.92 Å². The molecule has 27 heavy (non-hydrogen) atoms. The number of thiazole rings is 1. The Morgan fingerprint density at radius 2 is 1.63 bits per heavy atom. The highest BCUT2D eigenvalue weighted by Crippen LogP contribution is 2.26. The fraction of sp³-hybridized carbons (Fsp3) is 0.150. The van der Waals surface area contributed by atoms with Crippen molar-refractivity contribution in [1.29, 1.82) is 0 Å². The molecule has 3 rings (SSSR count). The molecule has 1 heterocycles. The largest absolute Gasteiger partial charge is 0.497 e. The Balaban J connectivity index is 1.68. The van der Waals surface area contributed by atoms with Crippen LogP contribution in [0.25, 0.3) is 10.6 Å². The van der Waals surface area contributed by atoms with Gasteiger partial charge in [-0.25, -0.2) is 14.6 Å². The Morgan fingerprint density at radius 1 is 0.963 bits per heavy atom. The first-order valence-electron chi connectivity index (χ1n) is 8.20. The Kier molecular flexibility index (Phi) is 5.83. The van der Waals surface area contributed by atoms with Gasteiger partial charge in [0.15, 0.2) is 5.69 Å². The Bertz CT molecular complexity index is 932. The van der Waals surface area contributed by atoms with E-state index in [0.717, 1.165) is 11.3 Å². The van der Waals surface area contributed by atoms with E-state index < -0.39 is 11.9 Å². The van der Waals surface area contributed by atoms with Crippen molar-refractivity contribution in [2.24, 2.45) is 0 Å². The highest BCUT2D eigenvalue weighted by atomic mass is 32.1. The van der Waals surface area contributed by atoms with E-state index in [-0.39, 0.29) is 5.69 Å². The summed E-state index contributed by atoms with van der Waals surface area (Å²) in [7, 11) is 1.60. The van der Waals surface area contributed by atoms with Crippen LogP contribution in [0, 0.1) is 0 Å². The van der Waals surface area contributed by atoms with Crippen molar-refractivity contribution in [3.05, 3.63) is 65.2 Å². The lowest BCUT2D eigenvalue weighted by atomic mass is 10.2. The maximum atomic E-state index is 12.3. The fourth-order valence-corrected chi connectivity index (χ4v) is 3.06. The number of benzene rings is 2. The first-order chi connectivity index (χ1) is 13.1. The minimum Gasteiger partial charge on any atom is -0.497 e. The zero-order valence-corrected chi connectivity index (χ0v) is 15.6. The minimum atomic E-state index is -0.560. The molecule has 0 radical (unpaired) electrons. The van der Waals surface area contributed by atoms with Crippen LogP contribution in [0.4, 0.5) is 0 Å². The Morgan fingerprint density at radius 3 is 2.26 bits per heavy atom. The van der Waals surface area contributed by atoms with E-state index in [9.17, 15) is 9.59 Å². The Labute approximate surface area is 160 Å². The molecule has 0 unspecified atom stereocenters. The summed E-state index contributed by atoms with van der Waals surface area (Å²) < 4.78 is 15.4. The van der Waals surface area contributed by atoms with E-state index in [1.807, 2.05) is 24.3 Å². The molecule has 0 atom stereocenters. The molecule has 3 aromatic rings. The number of hydrogen-bond donors (Lipinski definition) is 0. The summed E-state index contributed by atoms with van der Waals surface area (Å²) in [5.41, 5.74) is 1.51. The number of ether oxygens (including phenoxy) is 3. The van der Waals surface area contributed by atoms with Gasteiger partial charge in [-0.1, -0.05) is 0 Å². The molecule has 0 bridgehead atoms. The number of hydrogen-bond acceptors (Lipinski definition) is 7. The SMILES string of the molecule is CCOC(=O)c1ccc(OC(=O)c2csc(-c3ccc(OC)cc3)n2)cc1. The van der Waals surface area contributed by atoms with E-state index in [1.165, 1.54) is 11.3 Å². The number of aromatic nitrogens is 1. The zero-order chi connectivity index (χ0) is 19.2. The van der Waals surface area contributed by atoms with Crippen molar-refractivity contribution in [3.8, 4) is 22.1 Å². The summed E-state index contributed by atoms with van der Waals surface area (Å²) in [6.45, 7) is 2.04. The number of carbonyl (C=O) groups is 2. The van der Waals surface area contributed by atoms with Crippen molar-refractivity contribution in [3.63, 3.8) is 0 Å². The Hall–Kier alpha value is -3.19. The molecular formula is C20H17NO5S. The number of rotatable bonds is 6. The van der Waals surface area contributed by atoms with Crippen LogP contribution < -0.4 is 9.47 Å². The molecule has 0 saturated heterocycles. The number of nitrogens with zero attached hydrogens (tertiary/aromatic N) is 1. The first kappa shape index (κ1) is 18.6. The van der Waals surface area contributed by atoms with Crippen molar-refractivity contribution < 1.29 is 23.8 Å². The van der Waals surface area contributed by atoms with Crippen LogP contribution in [0.3, 0.4) is 0 Å². The van der Waals surface area contributed by atoms with Crippen LogP contribution in [0.1, 0.15) is 27.8 Å². The molecular weight excluding hydrogens is 366 g/mol. The summed E-state index contributed by atoms with van der Waals surface area (Å²) in [6, 6.07) is 13.6. The van der Waals surface area contributed by atoms with Gasteiger partial charge in [0.25, 0.3) is 0 Å². The molecule has 0 aliphatic heterocycles. The van der Waals surface area contributed by atoms with Crippen LogP contribution in [0.15, 0.2) is 53.9 Å². The van der Waals surface area contributed by atoms with Gasteiger partial charge in [-0.15, -0.1) is 11.3 Å².